The molecule has 1 rings (SSSR count). The Morgan fingerprint density at radius 1 is 1.29 bits per heavy atom. The number of alkyl halides is 2. The molecule has 0 aliphatic heterocycles. The summed E-state index contributed by atoms with van der Waals surface area (Å²) in [5, 5.41) is 0. The topological polar surface area (TPSA) is 35.2 Å². The maximum absolute atomic E-state index is 12.9. The lowest BCUT2D eigenvalue weighted by molar-refractivity contribution is 0.119. The monoisotopic (exact) mass is 209 g/mol. The SMILES string of the molecule is NOCc1cc(C(F)F)cc(F)c1F. The quantitative estimate of drug-likeness (QED) is 0.612. The Balaban J connectivity index is 3.14. The minimum atomic E-state index is -2.86. The van der Waals surface area contributed by atoms with Crippen LogP contribution in [0.25, 0.3) is 0 Å². The van der Waals surface area contributed by atoms with E-state index in [9.17, 15) is 17.6 Å². The van der Waals surface area contributed by atoms with Crippen molar-refractivity contribution in [3.8, 4) is 0 Å². The van der Waals surface area contributed by atoms with E-state index in [4.69, 9.17) is 0 Å². The Morgan fingerprint density at radius 2 is 1.93 bits per heavy atom. The van der Waals surface area contributed by atoms with Gasteiger partial charge in [-0.25, -0.2) is 23.5 Å². The lowest BCUT2D eigenvalue weighted by atomic mass is 10.1. The van der Waals surface area contributed by atoms with Gasteiger partial charge in [0.2, 0.25) is 0 Å². The molecule has 6 heteroatoms. The average molecular weight is 209 g/mol. The molecule has 0 unspecified atom stereocenters. The number of hydrogen-bond donors (Lipinski definition) is 1. The van der Waals surface area contributed by atoms with Crippen LogP contribution in [0.5, 0.6) is 0 Å². The van der Waals surface area contributed by atoms with E-state index in [0.717, 1.165) is 6.07 Å². The van der Waals surface area contributed by atoms with Crippen molar-refractivity contribution in [2.75, 3.05) is 0 Å². The van der Waals surface area contributed by atoms with Crippen molar-refractivity contribution in [2.45, 2.75) is 13.0 Å². The van der Waals surface area contributed by atoms with Crippen LogP contribution in [0.1, 0.15) is 17.6 Å². The first-order chi connectivity index (χ1) is 6.56. The third-order valence-corrected chi connectivity index (χ3v) is 1.62. The molecule has 0 aliphatic carbocycles. The number of rotatable bonds is 3. The fraction of sp³-hybridized carbons (Fsp3) is 0.250. The van der Waals surface area contributed by atoms with E-state index in [1.165, 1.54) is 0 Å². The van der Waals surface area contributed by atoms with Crippen LogP contribution in [-0.2, 0) is 11.4 Å². The highest BCUT2D eigenvalue weighted by atomic mass is 19.3. The summed E-state index contributed by atoms with van der Waals surface area (Å²) < 4.78 is 49.9. The van der Waals surface area contributed by atoms with Gasteiger partial charge in [-0.05, 0) is 12.1 Å². The summed E-state index contributed by atoms with van der Waals surface area (Å²) in [6.45, 7) is -0.455. The van der Waals surface area contributed by atoms with E-state index >= 15 is 0 Å². The van der Waals surface area contributed by atoms with Crippen LogP contribution in [0.4, 0.5) is 17.6 Å². The first kappa shape index (κ1) is 10.9. The zero-order valence-electron chi connectivity index (χ0n) is 6.94. The van der Waals surface area contributed by atoms with Crippen molar-refractivity contribution in [1.29, 1.82) is 0 Å². The molecule has 0 fully saturated rings. The lowest BCUT2D eigenvalue weighted by Gasteiger charge is -2.06. The number of halogens is 4. The molecule has 1 aromatic carbocycles. The Labute approximate surface area is 77.2 Å². The largest absolute Gasteiger partial charge is 0.300 e. The zero-order valence-corrected chi connectivity index (χ0v) is 6.94. The highest BCUT2D eigenvalue weighted by Crippen LogP contribution is 2.23. The summed E-state index contributed by atoms with van der Waals surface area (Å²) in [7, 11) is 0. The summed E-state index contributed by atoms with van der Waals surface area (Å²) in [5.41, 5.74) is -0.932. The van der Waals surface area contributed by atoms with Gasteiger partial charge in [0.15, 0.2) is 11.6 Å². The standard InChI is InChI=1S/C8H7F4NO/c9-6-2-4(8(11)12)1-5(3-14-13)7(6)10/h1-2,8H,3,13H2. The molecule has 0 aliphatic rings. The summed E-state index contributed by atoms with van der Waals surface area (Å²) in [6, 6.07) is 1.26. The van der Waals surface area contributed by atoms with Crippen LogP contribution in [-0.4, -0.2) is 0 Å². The molecule has 0 saturated carbocycles. The van der Waals surface area contributed by atoms with Gasteiger partial charge in [0.25, 0.3) is 6.43 Å². The predicted molar refractivity (Wildman–Crippen MR) is 40.3 cm³/mol. The van der Waals surface area contributed by atoms with E-state index < -0.39 is 30.2 Å². The van der Waals surface area contributed by atoms with Gasteiger partial charge in [0.1, 0.15) is 0 Å². The molecule has 0 atom stereocenters. The highest BCUT2D eigenvalue weighted by Gasteiger charge is 2.15. The minimum absolute atomic E-state index is 0.331. The minimum Gasteiger partial charge on any atom is -0.300 e. The summed E-state index contributed by atoms with van der Waals surface area (Å²) in [6.07, 6.45) is -2.86. The van der Waals surface area contributed by atoms with Gasteiger partial charge in [-0.3, -0.25) is 4.84 Å². The van der Waals surface area contributed by atoms with Crippen LogP contribution in [0.15, 0.2) is 12.1 Å². The third-order valence-electron chi connectivity index (χ3n) is 1.62. The normalized spacial score (nSPS) is 11.0. The maximum atomic E-state index is 12.9. The van der Waals surface area contributed by atoms with Gasteiger partial charge >= 0.3 is 0 Å². The Kier molecular flexibility index (Phi) is 3.43. The molecule has 0 amide bonds. The summed E-state index contributed by atoms with van der Waals surface area (Å²) in [4.78, 5) is 4.05. The van der Waals surface area contributed by atoms with Crippen molar-refractivity contribution in [1.82, 2.24) is 0 Å². The van der Waals surface area contributed by atoms with E-state index in [0.29, 0.717) is 6.07 Å². The molecule has 2 nitrogen and oxygen atoms in total. The van der Waals surface area contributed by atoms with Crippen LogP contribution >= 0.6 is 0 Å². The molecular formula is C8H7F4NO. The zero-order chi connectivity index (χ0) is 10.7. The molecule has 2 N–H and O–H groups in total. The lowest BCUT2D eigenvalue weighted by Crippen LogP contribution is -2.04. The van der Waals surface area contributed by atoms with E-state index in [2.05, 4.69) is 10.7 Å². The molecule has 78 valence electrons. The van der Waals surface area contributed by atoms with Gasteiger partial charge < -0.3 is 0 Å². The van der Waals surface area contributed by atoms with Crippen LogP contribution in [0.3, 0.4) is 0 Å². The molecule has 1 aromatic rings. The number of benzene rings is 1. The van der Waals surface area contributed by atoms with Gasteiger partial charge in [-0.15, -0.1) is 0 Å². The molecule has 0 radical (unpaired) electrons. The van der Waals surface area contributed by atoms with Crippen LogP contribution < -0.4 is 5.90 Å². The van der Waals surface area contributed by atoms with E-state index in [1.807, 2.05) is 0 Å². The van der Waals surface area contributed by atoms with Crippen molar-refractivity contribution in [3.63, 3.8) is 0 Å². The van der Waals surface area contributed by atoms with E-state index in [1.54, 1.807) is 0 Å². The fourth-order valence-electron chi connectivity index (χ4n) is 0.990. The molecule has 0 spiro atoms. The molecule has 0 bridgehead atoms. The molecular weight excluding hydrogens is 202 g/mol. The Bertz CT molecular complexity index is 329. The molecule has 0 saturated heterocycles. The van der Waals surface area contributed by atoms with E-state index in [-0.39, 0.29) is 5.56 Å². The molecule has 14 heavy (non-hydrogen) atoms. The van der Waals surface area contributed by atoms with Crippen LogP contribution in [0.2, 0.25) is 0 Å². The van der Waals surface area contributed by atoms with Crippen molar-refractivity contribution in [3.05, 3.63) is 34.9 Å². The number of hydrogen-bond acceptors (Lipinski definition) is 2. The first-order valence-electron chi connectivity index (χ1n) is 3.64. The van der Waals surface area contributed by atoms with Crippen molar-refractivity contribution >= 4 is 0 Å². The van der Waals surface area contributed by atoms with Crippen molar-refractivity contribution < 1.29 is 22.4 Å². The summed E-state index contributed by atoms with van der Waals surface area (Å²) >= 11 is 0. The van der Waals surface area contributed by atoms with Gasteiger partial charge in [-0.2, -0.15) is 0 Å². The second-order valence-electron chi connectivity index (χ2n) is 2.59. The predicted octanol–water partition coefficient (Wildman–Crippen LogP) is 2.29. The first-order valence-corrected chi connectivity index (χ1v) is 3.64. The maximum Gasteiger partial charge on any atom is 0.263 e. The average Bonchev–Trinajstić information content (AvgIpc) is 2.12. The Hall–Kier alpha value is -1.14. The number of nitrogens with two attached hydrogens (primary N) is 1. The molecule has 0 aromatic heterocycles. The second-order valence-corrected chi connectivity index (χ2v) is 2.59. The smallest absolute Gasteiger partial charge is 0.263 e. The van der Waals surface area contributed by atoms with Gasteiger partial charge in [0, 0.05) is 11.1 Å². The Morgan fingerprint density at radius 3 is 2.43 bits per heavy atom. The fourth-order valence-corrected chi connectivity index (χ4v) is 0.990. The van der Waals surface area contributed by atoms with Gasteiger partial charge in [-0.1, -0.05) is 0 Å². The van der Waals surface area contributed by atoms with Crippen LogP contribution in [0, 0.1) is 11.6 Å². The van der Waals surface area contributed by atoms with Gasteiger partial charge in [0.05, 0.1) is 6.61 Å². The summed E-state index contributed by atoms with van der Waals surface area (Å²) in [5.74, 6) is 2.07. The second kappa shape index (κ2) is 4.39. The van der Waals surface area contributed by atoms with Crippen molar-refractivity contribution in [2.24, 2.45) is 5.90 Å². The molecule has 0 heterocycles. The third kappa shape index (κ3) is 2.21. The highest BCUT2D eigenvalue weighted by molar-refractivity contribution is 5.26.